The van der Waals surface area contributed by atoms with Crippen LogP contribution in [0.5, 0.6) is 0 Å². The second-order valence-electron chi connectivity index (χ2n) is 6.92. The molecule has 0 fully saturated rings. The number of anilines is 3. The molecule has 0 aliphatic rings. The molecule has 0 bridgehead atoms. The van der Waals surface area contributed by atoms with E-state index in [9.17, 15) is 18.0 Å². The van der Waals surface area contributed by atoms with Gasteiger partial charge in [0.1, 0.15) is 6.54 Å². The van der Waals surface area contributed by atoms with Gasteiger partial charge >= 0.3 is 0 Å². The Morgan fingerprint density at radius 3 is 1.94 bits per heavy atom. The molecule has 3 rings (SSSR count). The van der Waals surface area contributed by atoms with E-state index in [4.69, 9.17) is 0 Å². The zero-order chi connectivity index (χ0) is 22.4. The fraction of sp³-hybridized carbons (Fsp3) is 0.130. The van der Waals surface area contributed by atoms with Gasteiger partial charge in [-0.15, -0.1) is 0 Å². The normalized spacial score (nSPS) is 10.9. The molecule has 0 saturated heterocycles. The van der Waals surface area contributed by atoms with Crippen molar-refractivity contribution in [2.75, 3.05) is 21.5 Å². The molecule has 0 atom stereocenters. The van der Waals surface area contributed by atoms with Crippen LogP contribution in [0.3, 0.4) is 0 Å². The summed E-state index contributed by atoms with van der Waals surface area (Å²) in [5.74, 6) is -0.688. The summed E-state index contributed by atoms with van der Waals surface area (Å²) in [5, 5.41) is 5.35. The van der Waals surface area contributed by atoms with Gasteiger partial charge in [0.15, 0.2) is 0 Å². The highest BCUT2D eigenvalue weighted by Crippen LogP contribution is 2.26. The summed E-state index contributed by atoms with van der Waals surface area (Å²) in [6.07, 6.45) is 0. The maximum atomic E-state index is 13.3. The van der Waals surface area contributed by atoms with Crippen LogP contribution in [0.15, 0.2) is 83.8 Å². The van der Waals surface area contributed by atoms with Gasteiger partial charge in [-0.25, -0.2) is 8.42 Å². The highest BCUT2D eigenvalue weighted by Gasteiger charge is 2.28. The number of sulfonamides is 1. The van der Waals surface area contributed by atoms with Gasteiger partial charge in [0.2, 0.25) is 11.8 Å². The van der Waals surface area contributed by atoms with Gasteiger partial charge in [-0.05, 0) is 55.0 Å². The number of amides is 2. The van der Waals surface area contributed by atoms with E-state index in [-0.39, 0.29) is 10.8 Å². The van der Waals surface area contributed by atoms with E-state index in [1.807, 2.05) is 6.07 Å². The van der Waals surface area contributed by atoms with Crippen LogP contribution in [0, 0.1) is 6.92 Å². The van der Waals surface area contributed by atoms with Gasteiger partial charge < -0.3 is 10.6 Å². The maximum absolute atomic E-state index is 13.3. The van der Waals surface area contributed by atoms with Crippen molar-refractivity contribution in [3.63, 3.8) is 0 Å². The number of hydrogen-bond acceptors (Lipinski definition) is 4. The van der Waals surface area contributed by atoms with Crippen molar-refractivity contribution < 1.29 is 18.0 Å². The zero-order valence-electron chi connectivity index (χ0n) is 17.2. The molecule has 2 N–H and O–H groups in total. The SMILES string of the molecule is CC(=O)Nc1ccc(NC(=O)CN(c2ccccc2C)S(=O)(=O)c2ccccc2)cc1. The molecule has 0 heterocycles. The monoisotopic (exact) mass is 437 g/mol. The fourth-order valence-electron chi connectivity index (χ4n) is 3.03. The molecule has 0 saturated carbocycles. The number of nitrogens with zero attached hydrogens (tertiary/aromatic N) is 1. The van der Waals surface area contributed by atoms with E-state index >= 15 is 0 Å². The molecule has 3 aromatic rings. The Morgan fingerprint density at radius 2 is 1.35 bits per heavy atom. The predicted molar refractivity (Wildman–Crippen MR) is 122 cm³/mol. The summed E-state index contributed by atoms with van der Waals surface area (Å²) >= 11 is 0. The first-order chi connectivity index (χ1) is 14.8. The third-order valence-electron chi connectivity index (χ3n) is 4.49. The summed E-state index contributed by atoms with van der Waals surface area (Å²) in [4.78, 5) is 24.0. The third-order valence-corrected chi connectivity index (χ3v) is 6.27. The van der Waals surface area contributed by atoms with Crippen LogP contribution in [0.25, 0.3) is 0 Å². The summed E-state index contributed by atoms with van der Waals surface area (Å²) in [6.45, 7) is 2.81. The van der Waals surface area contributed by atoms with Crippen LogP contribution in [0.2, 0.25) is 0 Å². The average Bonchev–Trinajstić information content (AvgIpc) is 2.74. The van der Waals surface area contributed by atoms with Gasteiger partial charge in [-0.1, -0.05) is 36.4 Å². The number of carbonyl (C=O) groups excluding carboxylic acids is 2. The Hall–Kier alpha value is -3.65. The smallest absolute Gasteiger partial charge is 0.264 e. The Labute approximate surface area is 181 Å². The molecular formula is C23H23N3O4S. The molecule has 8 heteroatoms. The van der Waals surface area contributed by atoms with Crippen LogP contribution in [0.1, 0.15) is 12.5 Å². The van der Waals surface area contributed by atoms with Crippen LogP contribution in [0.4, 0.5) is 17.1 Å². The number of carbonyl (C=O) groups is 2. The maximum Gasteiger partial charge on any atom is 0.264 e. The molecule has 0 radical (unpaired) electrons. The average molecular weight is 438 g/mol. The number of para-hydroxylation sites is 1. The number of rotatable bonds is 7. The van der Waals surface area contributed by atoms with E-state index in [2.05, 4.69) is 10.6 Å². The van der Waals surface area contributed by atoms with E-state index in [1.165, 1.54) is 19.1 Å². The minimum Gasteiger partial charge on any atom is -0.326 e. The van der Waals surface area contributed by atoms with Gasteiger partial charge in [0, 0.05) is 18.3 Å². The zero-order valence-corrected chi connectivity index (χ0v) is 18.0. The third kappa shape index (κ3) is 5.49. The highest BCUT2D eigenvalue weighted by molar-refractivity contribution is 7.92. The standard InChI is InChI=1S/C23H23N3O4S/c1-17-8-6-7-11-22(17)26(31(29,30)21-9-4-3-5-10-21)16-23(28)25-20-14-12-19(13-15-20)24-18(2)27/h3-15H,16H2,1-2H3,(H,24,27)(H,25,28). The van der Waals surface area contributed by atoms with Crippen LogP contribution < -0.4 is 14.9 Å². The van der Waals surface area contributed by atoms with Crippen molar-refractivity contribution in [2.45, 2.75) is 18.7 Å². The molecule has 160 valence electrons. The van der Waals surface area contributed by atoms with Gasteiger partial charge in [0.05, 0.1) is 10.6 Å². The van der Waals surface area contributed by atoms with E-state index in [0.29, 0.717) is 17.1 Å². The minimum absolute atomic E-state index is 0.103. The minimum atomic E-state index is -3.96. The number of nitrogens with one attached hydrogen (secondary N) is 2. The first-order valence-corrected chi connectivity index (χ1v) is 11.0. The number of aryl methyl sites for hydroxylation is 1. The van der Waals surface area contributed by atoms with Crippen molar-refractivity contribution >= 4 is 38.9 Å². The van der Waals surface area contributed by atoms with Crippen molar-refractivity contribution in [3.8, 4) is 0 Å². The summed E-state index contributed by atoms with van der Waals surface area (Å²) in [5.41, 5.74) is 2.25. The Bertz CT molecular complexity index is 1180. The van der Waals surface area contributed by atoms with Crippen molar-refractivity contribution in [3.05, 3.63) is 84.4 Å². The van der Waals surface area contributed by atoms with Gasteiger partial charge in [-0.2, -0.15) is 0 Å². The van der Waals surface area contributed by atoms with E-state index in [1.54, 1.807) is 67.6 Å². The van der Waals surface area contributed by atoms with Gasteiger partial charge in [0.25, 0.3) is 10.0 Å². The Balaban J connectivity index is 1.86. The predicted octanol–water partition coefficient (Wildman–Crippen LogP) is 3.79. The lowest BCUT2D eigenvalue weighted by Crippen LogP contribution is -2.38. The first-order valence-electron chi connectivity index (χ1n) is 9.58. The number of hydrogen-bond donors (Lipinski definition) is 2. The molecule has 0 aliphatic carbocycles. The molecule has 0 spiro atoms. The Morgan fingerprint density at radius 1 is 0.806 bits per heavy atom. The molecule has 0 unspecified atom stereocenters. The van der Waals surface area contributed by atoms with E-state index in [0.717, 1.165) is 9.87 Å². The Kier molecular flexibility index (Phi) is 6.71. The summed E-state index contributed by atoms with van der Waals surface area (Å²) < 4.78 is 27.8. The highest BCUT2D eigenvalue weighted by atomic mass is 32.2. The second kappa shape index (κ2) is 9.44. The van der Waals surface area contributed by atoms with E-state index < -0.39 is 22.5 Å². The molecule has 2 amide bonds. The number of benzene rings is 3. The quantitative estimate of drug-likeness (QED) is 0.588. The van der Waals surface area contributed by atoms with Gasteiger partial charge in [-0.3, -0.25) is 13.9 Å². The molecule has 7 nitrogen and oxygen atoms in total. The van der Waals surface area contributed by atoms with Crippen LogP contribution >= 0.6 is 0 Å². The fourth-order valence-corrected chi connectivity index (χ4v) is 4.54. The molecular weight excluding hydrogens is 414 g/mol. The topological polar surface area (TPSA) is 95.6 Å². The van der Waals surface area contributed by atoms with Crippen molar-refractivity contribution in [1.82, 2.24) is 0 Å². The van der Waals surface area contributed by atoms with Crippen molar-refractivity contribution in [2.24, 2.45) is 0 Å². The van der Waals surface area contributed by atoms with Crippen LogP contribution in [-0.4, -0.2) is 26.8 Å². The summed E-state index contributed by atoms with van der Waals surface area (Å²) in [6, 6.07) is 21.6. The molecule has 0 aliphatic heterocycles. The lowest BCUT2D eigenvalue weighted by molar-refractivity contribution is -0.115. The molecule has 0 aromatic heterocycles. The lowest BCUT2D eigenvalue weighted by atomic mass is 10.2. The molecule has 31 heavy (non-hydrogen) atoms. The lowest BCUT2D eigenvalue weighted by Gasteiger charge is -2.25. The molecule has 3 aromatic carbocycles. The summed E-state index contributed by atoms with van der Waals surface area (Å²) in [7, 11) is -3.96. The first kappa shape index (κ1) is 22.0. The second-order valence-corrected chi connectivity index (χ2v) is 8.78. The largest absolute Gasteiger partial charge is 0.326 e. The van der Waals surface area contributed by atoms with Crippen molar-refractivity contribution in [1.29, 1.82) is 0 Å². The van der Waals surface area contributed by atoms with Crippen LogP contribution in [-0.2, 0) is 19.6 Å².